The molecule has 2 aromatic carbocycles. The Labute approximate surface area is 147 Å². The summed E-state index contributed by atoms with van der Waals surface area (Å²) in [6, 6.07) is 14.8. The average molecular weight is 352 g/mol. The maximum absolute atomic E-state index is 13.0. The molecule has 0 bridgehead atoms. The van der Waals surface area contributed by atoms with Crippen LogP contribution in [0, 0.1) is 17.1 Å². The molecule has 1 amide bonds. The van der Waals surface area contributed by atoms with Crippen LogP contribution in [-0.4, -0.2) is 21.6 Å². The molecule has 0 radical (unpaired) electrons. The normalized spacial score (nSPS) is 10.2. The van der Waals surface area contributed by atoms with E-state index in [-0.39, 0.29) is 17.5 Å². The number of H-pyrrole nitrogens is 1. The van der Waals surface area contributed by atoms with Crippen LogP contribution in [0.2, 0.25) is 0 Å². The molecule has 1 aromatic heterocycles. The Morgan fingerprint density at radius 1 is 1.28 bits per heavy atom. The van der Waals surface area contributed by atoms with Crippen molar-refractivity contribution in [3.8, 4) is 17.3 Å². The van der Waals surface area contributed by atoms with E-state index in [1.807, 2.05) is 6.07 Å². The van der Waals surface area contributed by atoms with E-state index in [1.54, 1.807) is 42.6 Å². The zero-order chi connectivity index (χ0) is 17.6. The monoisotopic (exact) mass is 352 g/mol. The third-order valence-corrected chi connectivity index (χ3v) is 4.21. The van der Waals surface area contributed by atoms with Crippen LogP contribution in [0.1, 0.15) is 5.56 Å². The number of thioether (sulfide) groups is 1. The van der Waals surface area contributed by atoms with Crippen LogP contribution in [0.4, 0.5) is 10.1 Å². The first-order chi connectivity index (χ1) is 12.1. The maximum Gasteiger partial charge on any atom is 0.234 e. The molecule has 5 nitrogen and oxygen atoms in total. The molecule has 2 N–H and O–H groups in total. The minimum absolute atomic E-state index is 0.174. The lowest BCUT2D eigenvalue weighted by Gasteiger charge is -2.04. The molecule has 0 saturated heterocycles. The molecule has 3 rings (SSSR count). The number of hydrogen-bond acceptors (Lipinski definition) is 4. The summed E-state index contributed by atoms with van der Waals surface area (Å²) in [4.78, 5) is 19.3. The lowest BCUT2D eigenvalue weighted by atomic mass is 10.2. The number of benzene rings is 2. The van der Waals surface area contributed by atoms with E-state index >= 15 is 0 Å². The summed E-state index contributed by atoms with van der Waals surface area (Å²) in [6.45, 7) is 0. The number of amides is 1. The van der Waals surface area contributed by atoms with Crippen LogP contribution < -0.4 is 5.32 Å². The third-order valence-electron chi connectivity index (χ3n) is 3.32. The van der Waals surface area contributed by atoms with Crippen molar-refractivity contribution in [2.45, 2.75) is 5.16 Å². The topological polar surface area (TPSA) is 81.6 Å². The Hall–Kier alpha value is -3.11. The lowest BCUT2D eigenvalue weighted by Crippen LogP contribution is -2.14. The van der Waals surface area contributed by atoms with E-state index in [9.17, 15) is 9.18 Å². The number of carbonyl (C=O) groups excluding carboxylic acids is 1. The van der Waals surface area contributed by atoms with Gasteiger partial charge < -0.3 is 10.3 Å². The van der Waals surface area contributed by atoms with Crippen molar-refractivity contribution in [1.82, 2.24) is 9.97 Å². The average Bonchev–Trinajstić information content (AvgIpc) is 3.10. The molecular formula is C18H13FN4OS. The van der Waals surface area contributed by atoms with Crippen molar-refractivity contribution in [2.24, 2.45) is 0 Å². The summed E-state index contributed by atoms with van der Waals surface area (Å²) in [7, 11) is 0. The third kappa shape index (κ3) is 4.46. The van der Waals surface area contributed by atoms with E-state index in [4.69, 9.17) is 5.26 Å². The second-order valence-electron chi connectivity index (χ2n) is 5.14. The predicted octanol–water partition coefficient (Wildman–Crippen LogP) is 3.82. The molecule has 3 aromatic rings. The smallest absolute Gasteiger partial charge is 0.234 e. The van der Waals surface area contributed by atoms with Crippen molar-refractivity contribution in [2.75, 3.05) is 11.1 Å². The molecule has 25 heavy (non-hydrogen) atoms. The van der Waals surface area contributed by atoms with Gasteiger partial charge in [0, 0.05) is 5.69 Å². The van der Waals surface area contributed by atoms with Crippen molar-refractivity contribution in [3.05, 3.63) is 66.1 Å². The van der Waals surface area contributed by atoms with Crippen LogP contribution in [0.25, 0.3) is 11.3 Å². The van der Waals surface area contributed by atoms with Gasteiger partial charge >= 0.3 is 0 Å². The number of rotatable bonds is 5. The molecule has 1 heterocycles. The number of halogens is 1. The number of aromatic nitrogens is 2. The quantitative estimate of drug-likeness (QED) is 0.684. The fraction of sp³-hybridized carbons (Fsp3) is 0.0556. The van der Waals surface area contributed by atoms with Gasteiger partial charge in [-0.05, 0) is 48.0 Å². The Bertz CT molecular complexity index is 931. The number of hydrogen-bond donors (Lipinski definition) is 2. The number of carbonyl (C=O) groups is 1. The van der Waals surface area contributed by atoms with Crippen LogP contribution in [-0.2, 0) is 4.79 Å². The second kappa shape index (κ2) is 7.64. The molecule has 0 fully saturated rings. The highest BCUT2D eigenvalue weighted by Crippen LogP contribution is 2.22. The van der Waals surface area contributed by atoms with Crippen molar-refractivity contribution >= 4 is 23.4 Å². The molecule has 0 atom stereocenters. The number of nitrogens with zero attached hydrogens (tertiary/aromatic N) is 2. The molecule has 0 spiro atoms. The Kier molecular flexibility index (Phi) is 5.11. The van der Waals surface area contributed by atoms with Gasteiger partial charge in [0.15, 0.2) is 5.16 Å². The highest BCUT2D eigenvalue weighted by Gasteiger charge is 2.08. The van der Waals surface area contributed by atoms with Gasteiger partial charge in [-0.2, -0.15) is 5.26 Å². The van der Waals surface area contributed by atoms with Gasteiger partial charge in [0.2, 0.25) is 5.91 Å². The standard InChI is InChI=1S/C18H13FN4OS/c19-14-6-4-13(5-7-14)16-10-21-18(23-16)25-11-17(24)22-15-3-1-2-12(8-15)9-20/h1-8,10H,11H2,(H,21,23)(H,22,24). The zero-order valence-electron chi connectivity index (χ0n) is 13.0. The Morgan fingerprint density at radius 2 is 2.08 bits per heavy atom. The van der Waals surface area contributed by atoms with Gasteiger partial charge in [0.05, 0.1) is 29.3 Å². The van der Waals surface area contributed by atoms with E-state index < -0.39 is 0 Å². The Balaban J connectivity index is 1.57. The van der Waals surface area contributed by atoms with E-state index in [1.165, 1.54) is 23.9 Å². The predicted molar refractivity (Wildman–Crippen MR) is 94.5 cm³/mol. The van der Waals surface area contributed by atoms with Gasteiger partial charge in [-0.3, -0.25) is 4.79 Å². The highest BCUT2D eigenvalue weighted by atomic mass is 32.2. The van der Waals surface area contributed by atoms with Crippen LogP contribution in [0.5, 0.6) is 0 Å². The van der Waals surface area contributed by atoms with E-state index in [2.05, 4.69) is 15.3 Å². The van der Waals surface area contributed by atoms with Crippen molar-refractivity contribution in [3.63, 3.8) is 0 Å². The fourth-order valence-electron chi connectivity index (χ4n) is 2.15. The van der Waals surface area contributed by atoms with Gasteiger partial charge in [0.1, 0.15) is 5.82 Å². The van der Waals surface area contributed by atoms with Crippen LogP contribution >= 0.6 is 11.8 Å². The van der Waals surface area contributed by atoms with Gasteiger partial charge in [-0.25, -0.2) is 9.37 Å². The first-order valence-corrected chi connectivity index (χ1v) is 8.36. The second-order valence-corrected chi connectivity index (χ2v) is 6.10. The number of nitriles is 1. The number of aromatic amines is 1. The summed E-state index contributed by atoms with van der Waals surface area (Å²) in [5, 5.41) is 12.2. The molecule has 124 valence electrons. The van der Waals surface area contributed by atoms with Gasteiger partial charge in [-0.15, -0.1) is 0 Å². The van der Waals surface area contributed by atoms with Crippen molar-refractivity contribution < 1.29 is 9.18 Å². The first kappa shape index (κ1) is 16.7. The molecule has 0 aliphatic rings. The van der Waals surface area contributed by atoms with Gasteiger partial charge in [-0.1, -0.05) is 17.8 Å². The first-order valence-electron chi connectivity index (χ1n) is 7.38. The SMILES string of the molecule is N#Cc1cccc(NC(=O)CSc2ncc(-c3ccc(F)cc3)[nH]2)c1. The summed E-state index contributed by atoms with van der Waals surface area (Å²) in [5.41, 5.74) is 2.64. The number of imidazole rings is 1. The molecular weight excluding hydrogens is 339 g/mol. The summed E-state index contributed by atoms with van der Waals surface area (Å²) >= 11 is 1.26. The highest BCUT2D eigenvalue weighted by molar-refractivity contribution is 7.99. The summed E-state index contributed by atoms with van der Waals surface area (Å²) < 4.78 is 13.0. The molecule has 7 heteroatoms. The number of nitrogens with one attached hydrogen (secondary N) is 2. The molecule has 0 aliphatic heterocycles. The minimum Gasteiger partial charge on any atom is -0.333 e. The minimum atomic E-state index is -0.296. The lowest BCUT2D eigenvalue weighted by molar-refractivity contribution is -0.113. The largest absolute Gasteiger partial charge is 0.333 e. The van der Waals surface area contributed by atoms with Crippen LogP contribution in [0.15, 0.2) is 59.9 Å². The fourth-order valence-corrected chi connectivity index (χ4v) is 2.80. The maximum atomic E-state index is 13.0. The Morgan fingerprint density at radius 3 is 2.84 bits per heavy atom. The van der Waals surface area contributed by atoms with Crippen molar-refractivity contribution in [1.29, 1.82) is 5.26 Å². The molecule has 0 aliphatic carbocycles. The summed E-state index contributed by atoms with van der Waals surface area (Å²) in [5.74, 6) is -0.317. The van der Waals surface area contributed by atoms with E-state index in [0.717, 1.165) is 11.3 Å². The van der Waals surface area contributed by atoms with Crippen LogP contribution in [0.3, 0.4) is 0 Å². The molecule has 0 saturated carbocycles. The van der Waals surface area contributed by atoms with Gasteiger partial charge in [0.25, 0.3) is 0 Å². The number of anilines is 1. The summed E-state index contributed by atoms with van der Waals surface area (Å²) in [6.07, 6.45) is 1.64. The zero-order valence-corrected chi connectivity index (χ0v) is 13.8. The van der Waals surface area contributed by atoms with E-state index in [0.29, 0.717) is 16.4 Å². The molecule has 0 unspecified atom stereocenters.